The molecule has 10 heteroatoms. The van der Waals surface area contributed by atoms with E-state index in [9.17, 15) is 9.59 Å². The van der Waals surface area contributed by atoms with Crippen molar-refractivity contribution in [2.24, 2.45) is 0 Å². The maximum atomic E-state index is 15.8. The molecule has 9 nitrogen and oxygen atoms in total. The van der Waals surface area contributed by atoms with Crippen LogP contribution in [0.25, 0.3) is 27.7 Å². The van der Waals surface area contributed by atoms with Crippen LogP contribution in [0.2, 0.25) is 0 Å². The van der Waals surface area contributed by atoms with E-state index < -0.39 is 5.69 Å². The van der Waals surface area contributed by atoms with Gasteiger partial charge in [-0.2, -0.15) is 4.98 Å². The number of fused-ring (bicyclic) bond motifs is 5. The number of carbonyl (C=O) groups is 1. The molecular formula is C33H36FN7O2. The minimum Gasteiger partial charge on any atom is -0.365 e. The molecule has 3 aromatic heterocycles. The standard InChI is InChI=1S/C33H36FN7O2/c1-8-24(42)39-11-12-40(21(7)16-39)32-22-13-19(5)25-23(15-37-31-26(25)27(34)20(6)14-36-31)30(22)41(33(43)38-32)29-18(4)9-10-35-28(29)17(2)3/h8-10,13-14,17,21H,1,11-12,15-16H2,2-7H3,(H,36,37)/t21-/m0/s1. The van der Waals surface area contributed by atoms with Gasteiger partial charge in [-0.1, -0.05) is 20.4 Å². The fourth-order valence-electron chi connectivity index (χ4n) is 6.55. The van der Waals surface area contributed by atoms with Crippen molar-refractivity contribution < 1.29 is 9.18 Å². The number of anilines is 2. The number of rotatable bonds is 4. The third-order valence-electron chi connectivity index (χ3n) is 8.64. The molecule has 0 aliphatic carbocycles. The lowest BCUT2D eigenvalue weighted by Gasteiger charge is -2.41. The number of aromatic nitrogens is 4. The highest BCUT2D eigenvalue weighted by molar-refractivity contribution is 6.01. The van der Waals surface area contributed by atoms with Crippen LogP contribution in [0.3, 0.4) is 0 Å². The fraction of sp³-hybridized carbons (Fsp3) is 0.364. The molecule has 1 aromatic carbocycles. The average Bonchev–Trinajstić information content (AvgIpc) is 2.98. The van der Waals surface area contributed by atoms with E-state index in [-0.39, 0.29) is 23.7 Å². The molecule has 5 heterocycles. The topological polar surface area (TPSA) is 96.3 Å². The van der Waals surface area contributed by atoms with E-state index in [0.717, 1.165) is 33.3 Å². The molecule has 2 aliphatic rings. The highest BCUT2D eigenvalue weighted by Gasteiger charge is 2.33. The predicted octanol–water partition coefficient (Wildman–Crippen LogP) is 5.18. The normalized spacial score (nSPS) is 16.2. The van der Waals surface area contributed by atoms with Crippen LogP contribution in [-0.4, -0.2) is 56.0 Å². The molecule has 1 fully saturated rings. The number of nitrogens with zero attached hydrogens (tertiary/aromatic N) is 6. The lowest BCUT2D eigenvalue weighted by molar-refractivity contribution is -0.126. The molecule has 0 unspecified atom stereocenters. The number of hydrogen-bond acceptors (Lipinski definition) is 7. The summed E-state index contributed by atoms with van der Waals surface area (Å²) < 4.78 is 17.5. The Morgan fingerprint density at radius 3 is 2.60 bits per heavy atom. The second-order valence-corrected chi connectivity index (χ2v) is 11.9. The molecule has 0 spiro atoms. The van der Waals surface area contributed by atoms with E-state index in [2.05, 4.69) is 26.8 Å². The van der Waals surface area contributed by atoms with Crippen LogP contribution in [-0.2, 0) is 11.3 Å². The Morgan fingerprint density at radius 2 is 1.91 bits per heavy atom. The first kappa shape index (κ1) is 28.5. The monoisotopic (exact) mass is 581 g/mol. The van der Waals surface area contributed by atoms with Crippen LogP contribution in [0.15, 0.2) is 42.0 Å². The van der Waals surface area contributed by atoms with Gasteiger partial charge in [0.2, 0.25) is 5.91 Å². The third kappa shape index (κ3) is 4.47. The molecule has 1 N–H and O–H groups in total. The number of piperazine rings is 1. The van der Waals surface area contributed by atoms with Crippen molar-refractivity contribution in [3.8, 4) is 16.8 Å². The summed E-state index contributed by atoms with van der Waals surface area (Å²) in [5.74, 6) is 0.631. The smallest absolute Gasteiger partial charge is 0.354 e. The Balaban J connectivity index is 1.71. The lowest BCUT2D eigenvalue weighted by Crippen LogP contribution is -2.54. The summed E-state index contributed by atoms with van der Waals surface area (Å²) in [7, 11) is 0. The SMILES string of the molecule is C=CC(=O)N1CCN(c2nc(=O)n(-c3c(C)ccnc3C(C)C)c3c4c(c(C)cc23)-c2c(ncc(C)c2F)NC4)[C@@H](C)C1. The zero-order valence-corrected chi connectivity index (χ0v) is 25.5. The molecule has 4 aromatic rings. The molecule has 1 saturated heterocycles. The molecule has 1 atom stereocenters. The second kappa shape index (κ2) is 10.6. The summed E-state index contributed by atoms with van der Waals surface area (Å²) in [6.07, 6.45) is 4.62. The fourth-order valence-corrected chi connectivity index (χ4v) is 6.55. The van der Waals surface area contributed by atoms with Crippen molar-refractivity contribution in [1.29, 1.82) is 0 Å². The largest absolute Gasteiger partial charge is 0.365 e. The van der Waals surface area contributed by atoms with Crippen LogP contribution < -0.4 is 15.9 Å². The van der Waals surface area contributed by atoms with Crippen LogP contribution >= 0.6 is 0 Å². The van der Waals surface area contributed by atoms with Crippen molar-refractivity contribution in [1.82, 2.24) is 24.4 Å². The zero-order chi connectivity index (χ0) is 30.7. The third-order valence-corrected chi connectivity index (χ3v) is 8.64. The molecule has 0 saturated carbocycles. The average molecular weight is 582 g/mol. The molecule has 43 heavy (non-hydrogen) atoms. The Kier molecular flexibility index (Phi) is 7.02. The first-order valence-corrected chi connectivity index (χ1v) is 14.7. The van der Waals surface area contributed by atoms with Crippen LogP contribution in [0.1, 0.15) is 54.6 Å². The van der Waals surface area contributed by atoms with Gasteiger partial charge in [0.1, 0.15) is 17.5 Å². The van der Waals surface area contributed by atoms with E-state index >= 15 is 4.39 Å². The van der Waals surface area contributed by atoms with Gasteiger partial charge in [0.25, 0.3) is 0 Å². The van der Waals surface area contributed by atoms with Gasteiger partial charge in [-0.05, 0) is 68.5 Å². The first-order valence-electron chi connectivity index (χ1n) is 14.7. The van der Waals surface area contributed by atoms with Crippen LogP contribution in [0, 0.1) is 26.6 Å². The summed E-state index contributed by atoms with van der Waals surface area (Å²) in [5, 5.41) is 4.11. The van der Waals surface area contributed by atoms with Gasteiger partial charge in [0.05, 0.1) is 22.5 Å². The van der Waals surface area contributed by atoms with Gasteiger partial charge >= 0.3 is 5.69 Å². The maximum Gasteiger partial charge on any atom is 0.354 e. The van der Waals surface area contributed by atoms with Crippen molar-refractivity contribution in [3.05, 3.63) is 81.4 Å². The Labute approximate surface area is 250 Å². The Hall–Kier alpha value is -4.60. The molecule has 6 rings (SSSR count). The first-order chi connectivity index (χ1) is 20.5. The van der Waals surface area contributed by atoms with Crippen LogP contribution in [0.5, 0.6) is 0 Å². The quantitative estimate of drug-likeness (QED) is 0.332. The minimum absolute atomic E-state index is 0.0384. The van der Waals surface area contributed by atoms with Crippen molar-refractivity contribution in [3.63, 3.8) is 0 Å². The molecule has 1 amide bonds. The van der Waals surface area contributed by atoms with Gasteiger partial charge in [-0.3, -0.25) is 14.3 Å². The number of halogens is 1. The summed E-state index contributed by atoms with van der Waals surface area (Å²) in [6.45, 7) is 17.2. The maximum absolute atomic E-state index is 15.8. The highest BCUT2D eigenvalue weighted by Crippen LogP contribution is 2.44. The van der Waals surface area contributed by atoms with E-state index in [1.54, 1.807) is 22.6 Å². The molecular weight excluding hydrogens is 545 g/mol. The van der Waals surface area contributed by atoms with E-state index in [1.807, 2.05) is 46.8 Å². The second-order valence-electron chi connectivity index (χ2n) is 11.9. The Bertz CT molecular complexity index is 1880. The highest BCUT2D eigenvalue weighted by atomic mass is 19.1. The Morgan fingerprint density at radius 1 is 1.14 bits per heavy atom. The van der Waals surface area contributed by atoms with Gasteiger partial charge in [0.15, 0.2) is 0 Å². The van der Waals surface area contributed by atoms with Crippen molar-refractivity contribution >= 4 is 28.4 Å². The summed E-state index contributed by atoms with van der Waals surface area (Å²) >= 11 is 0. The summed E-state index contributed by atoms with van der Waals surface area (Å²) in [5.41, 5.74) is 5.88. The van der Waals surface area contributed by atoms with Gasteiger partial charge in [-0.25, -0.2) is 14.2 Å². The van der Waals surface area contributed by atoms with E-state index in [0.29, 0.717) is 60.1 Å². The number of benzene rings is 1. The molecule has 222 valence electrons. The van der Waals surface area contributed by atoms with Gasteiger partial charge < -0.3 is 15.1 Å². The number of pyridine rings is 2. The van der Waals surface area contributed by atoms with Gasteiger partial charge in [0, 0.05) is 61.1 Å². The van der Waals surface area contributed by atoms with E-state index in [1.165, 1.54) is 12.3 Å². The van der Waals surface area contributed by atoms with Gasteiger partial charge in [-0.15, -0.1) is 0 Å². The molecule has 0 bridgehead atoms. The van der Waals surface area contributed by atoms with Crippen molar-refractivity contribution in [2.75, 3.05) is 29.9 Å². The zero-order valence-electron chi connectivity index (χ0n) is 25.5. The number of hydrogen-bond donors (Lipinski definition) is 1. The summed E-state index contributed by atoms with van der Waals surface area (Å²) in [6, 6.07) is 3.80. The number of amides is 1. The molecule has 0 radical (unpaired) electrons. The number of aryl methyl sites for hydroxylation is 3. The number of carbonyl (C=O) groups excluding carboxylic acids is 1. The summed E-state index contributed by atoms with van der Waals surface area (Å²) in [4.78, 5) is 44.4. The van der Waals surface area contributed by atoms with Crippen molar-refractivity contribution in [2.45, 2.75) is 60.0 Å². The van der Waals surface area contributed by atoms with E-state index in [4.69, 9.17) is 4.98 Å². The lowest BCUT2D eigenvalue weighted by atomic mass is 9.88. The predicted molar refractivity (Wildman–Crippen MR) is 168 cm³/mol. The van der Waals surface area contributed by atoms with Crippen LogP contribution in [0.4, 0.5) is 16.0 Å². The minimum atomic E-state index is -0.433. The molecule has 2 aliphatic heterocycles. The number of nitrogens with one attached hydrogen (secondary N) is 1.